The van der Waals surface area contributed by atoms with E-state index in [1.54, 1.807) is 23.9 Å². The topological polar surface area (TPSA) is 103 Å². The van der Waals surface area contributed by atoms with Crippen LogP contribution in [0.15, 0.2) is 39.5 Å². The minimum atomic E-state index is -3.58. The first-order chi connectivity index (χ1) is 8.94. The van der Waals surface area contributed by atoms with Gasteiger partial charge < -0.3 is 5.73 Å². The lowest BCUT2D eigenvalue weighted by Crippen LogP contribution is -2.19. The van der Waals surface area contributed by atoms with Crippen LogP contribution in [0.3, 0.4) is 0 Å². The number of aromatic nitrogens is 3. The highest BCUT2D eigenvalue weighted by Gasteiger charge is 2.19. The lowest BCUT2D eigenvalue weighted by molar-refractivity contribution is 0.586. The minimum absolute atomic E-state index is 0.128. The summed E-state index contributed by atoms with van der Waals surface area (Å²) in [6.07, 6.45) is 1.41. The normalized spacial score (nSPS) is 11.7. The first-order valence-electron chi connectivity index (χ1n) is 5.29. The molecule has 1 aromatic heterocycles. The van der Waals surface area contributed by atoms with Crippen molar-refractivity contribution in [2.75, 3.05) is 12.8 Å². The van der Waals surface area contributed by atoms with Gasteiger partial charge in [0.1, 0.15) is 6.33 Å². The van der Waals surface area contributed by atoms with Gasteiger partial charge in [-0.2, -0.15) is 5.10 Å². The van der Waals surface area contributed by atoms with Crippen molar-refractivity contribution in [2.45, 2.75) is 14.9 Å². The molecule has 3 N–H and O–H groups in total. The first-order valence-corrected chi connectivity index (χ1v) is 7.59. The van der Waals surface area contributed by atoms with E-state index in [0.29, 0.717) is 15.7 Å². The highest BCUT2D eigenvalue weighted by molar-refractivity contribution is 8.00. The number of nitrogens with one attached hydrogen (secondary N) is 1. The van der Waals surface area contributed by atoms with Crippen molar-refractivity contribution in [3.05, 3.63) is 24.5 Å². The lowest BCUT2D eigenvalue weighted by atomic mass is 10.3. The van der Waals surface area contributed by atoms with Crippen LogP contribution in [0.5, 0.6) is 0 Å². The van der Waals surface area contributed by atoms with E-state index < -0.39 is 10.0 Å². The molecule has 0 radical (unpaired) electrons. The van der Waals surface area contributed by atoms with Crippen LogP contribution >= 0.6 is 11.8 Å². The van der Waals surface area contributed by atoms with E-state index in [1.165, 1.54) is 31.2 Å². The summed E-state index contributed by atoms with van der Waals surface area (Å²) in [6.45, 7) is 0. The molecular weight excluding hydrogens is 286 g/mol. The molecule has 2 aromatic rings. The van der Waals surface area contributed by atoms with Crippen LogP contribution in [0.25, 0.3) is 0 Å². The molecular formula is C10H13N5O2S2. The molecule has 2 rings (SSSR count). The number of hydrogen-bond donors (Lipinski definition) is 2. The second-order valence-corrected chi connectivity index (χ2v) is 6.55. The highest BCUT2D eigenvalue weighted by atomic mass is 32.2. The molecule has 0 aliphatic carbocycles. The number of hydrogen-bond acceptors (Lipinski definition) is 6. The molecule has 0 spiro atoms. The van der Waals surface area contributed by atoms with Gasteiger partial charge in [0.25, 0.3) is 0 Å². The van der Waals surface area contributed by atoms with E-state index in [-0.39, 0.29) is 4.90 Å². The summed E-state index contributed by atoms with van der Waals surface area (Å²) in [7, 11) is -0.484. The van der Waals surface area contributed by atoms with Crippen molar-refractivity contribution in [1.82, 2.24) is 19.5 Å². The quantitative estimate of drug-likeness (QED) is 0.795. The van der Waals surface area contributed by atoms with Gasteiger partial charge >= 0.3 is 0 Å². The Balaban J connectivity index is 2.49. The maximum atomic E-state index is 12.0. The Morgan fingerprint density at radius 2 is 2.16 bits per heavy atom. The average Bonchev–Trinajstić information content (AvgIpc) is 2.77. The van der Waals surface area contributed by atoms with Crippen LogP contribution in [0, 0.1) is 0 Å². The predicted molar refractivity (Wildman–Crippen MR) is 72.2 cm³/mol. The summed E-state index contributed by atoms with van der Waals surface area (Å²) in [5.41, 5.74) is 6.03. The summed E-state index contributed by atoms with van der Waals surface area (Å²) >= 11 is 1.21. The van der Waals surface area contributed by atoms with Crippen molar-refractivity contribution in [2.24, 2.45) is 7.05 Å². The van der Waals surface area contributed by atoms with Gasteiger partial charge in [0.15, 0.2) is 5.16 Å². The van der Waals surface area contributed by atoms with Crippen molar-refractivity contribution < 1.29 is 8.42 Å². The number of nitrogens with zero attached hydrogens (tertiary/aromatic N) is 3. The second kappa shape index (κ2) is 5.19. The van der Waals surface area contributed by atoms with Crippen molar-refractivity contribution in [3.63, 3.8) is 0 Å². The van der Waals surface area contributed by atoms with Gasteiger partial charge in [0.05, 0.1) is 4.90 Å². The van der Waals surface area contributed by atoms with E-state index >= 15 is 0 Å². The standard InChI is InChI=1S/C10H13N5O2S2/c1-12-19(16,17)9-5-7(11)3-4-8(9)18-10-13-6-14-15(10)2/h3-6,12H,11H2,1-2H3. The summed E-state index contributed by atoms with van der Waals surface area (Å²) in [5.74, 6) is 0. The van der Waals surface area contributed by atoms with E-state index in [9.17, 15) is 8.42 Å². The summed E-state index contributed by atoms with van der Waals surface area (Å²) in [6, 6.07) is 4.72. The van der Waals surface area contributed by atoms with Crippen LogP contribution in [0.1, 0.15) is 0 Å². The molecule has 0 aliphatic heterocycles. The SMILES string of the molecule is CNS(=O)(=O)c1cc(N)ccc1Sc1ncnn1C. The van der Waals surface area contributed by atoms with Gasteiger partial charge in [-0.25, -0.2) is 22.8 Å². The molecule has 0 unspecified atom stereocenters. The molecule has 0 bridgehead atoms. The Kier molecular flexibility index (Phi) is 3.78. The maximum Gasteiger partial charge on any atom is 0.241 e. The molecule has 0 saturated heterocycles. The summed E-state index contributed by atoms with van der Waals surface area (Å²) in [4.78, 5) is 4.72. The number of rotatable bonds is 4. The largest absolute Gasteiger partial charge is 0.399 e. The average molecular weight is 299 g/mol. The smallest absolute Gasteiger partial charge is 0.241 e. The molecule has 0 atom stereocenters. The number of anilines is 1. The van der Waals surface area contributed by atoms with Crippen LogP contribution in [0.4, 0.5) is 5.69 Å². The van der Waals surface area contributed by atoms with E-state index in [1.807, 2.05) is 0 Å². The zero-order valence-electron chi connectivity index (χ0n) is 10.4. The fourth-order valence-corrected chi connectivity index (χ4v) is 3.47. The van der Waals surface area contributed by atoms with Crippen molar-refractivity contribution in [3.8, 4) is 0 Å². The predicted octanol–water partition coefficient (Wildman–Crippen LogP) is 0.457. The van der Waals surface area contributed by atoms with Crippen LogP contribution in [-0.4, -0.2) is 30.2 Å². The summed E-state index contributed by atoms with van der Waals surface area (Å²) in [5, 5.41) is 4.53. The molecule has 1 aromatic carbocycles. The number of nitrogen functional groups attached to an aromatic ring is 1. The van der Waals surface area contributed by atoms with E-state index in [2.05, 4.69) is 14.8 Å². The van der Waals surface area contributed by atoms with Gasteiger partial charge in [-0.05, 0) is 37.0 Å². The van der Waals surface area contributed by atoms with Gasteiger partial charge in [-0.15, -0.1) is 0 Å². The molecule has 0 aliphatic rings. The van der Waals surface area contributed by atoms with Gasteiger partial charge in [0.2, 0.25) is 10.0 Å². The maximum absolute atomic E-state index is 12.0. The molecule has 102 valence electrons. The number of benzene rings is 1. The third-order valence-corrected chi connectivity index (χ3v) is 5.11. The molecule has 7 nitrogen and oxygen atoms in total. The van der Waals surface area contributed by atoms with Crippen LogP contribution in [-0.2, 0) is 17.1 Å². The Hall–Kier alpha value is -1.58. The van der Waals surface area contributed by atoms with E-state index in [4.69, 9.17) is 5.73 Å². The van der Waals surface area contributed by atoms with Gasteiger partial charge in [-0.3, -0.25) is 0 Å². The molecule has 9 heteroatoms. The zero-order chi connectivity index (χ0) is 14.0. The minimum Gasteiger partial charge on any atom is -0.399 e. The fourth-order valence-electron chi connectivity index (χ4n) is 1.41. The Bertz CT molecular complexity index is 696. The Labute approximate surface area is 115 Å². The number of nitrogens with two attached hydrogens (primary N) is 1. The van der Waals surface area contributed by atoms with E-state index in [0.717, 1.165) is 0 Å². The number of sulfonamides is 1. The van der Waals surface area contributed by atoms with Crippen LogP contribution < -0.4 is 10.5 Å². The second-order valence-electron chi connectivity index (χ2n) is 3.68. The molecule has 0 amide bonds. The lowest BCUT2D eigenvalue weighted by Gasteiger charge is -2.09. The molecule has 19 heavy (non-hydrogen) atoms. The molecule has 0 fully saturated rings. The van der Waals surface area contributed by atoms with Crippen molar-refractivity contribution in [1.29, 1.82) is 0 Å². The van der Waals surface area contributed by atoms with Gasteiger partial charge in [0, 0.05) is 17.6 Å². The zero-order valence-corrected chi connectivity index (χ0v) is 12.0. The first kappa shape index (κ1) is 13.8. The summed E-state index contributed by atoms with van der Waals surface area (Å²) < 4.78 is 27.8. The highest BCUT2D eigenvalue weighted by Crippen LogP contribution is 2.32. The number of aryl methyl sites for hydroxylation is 1. The Morgan fingerprint density at radius 3 is 2.74 bits per heavy atom. The molecule has 1 heterocycles. The Morgan fingerprint density at radius 1 is 1.42 bits per heavy atom. The third kappa shape index (κ3) is 2.88. The third-order valence-electron chi connectivity index (χ3n) is 2.40. The monoisotopic (exact) mass is 299 g/mol. The van der Waals surface area contributed by atoms with Crippen LogP contribution in [0.2, 0.25) is 0 Å². The fraction of sp³-hybridized carbons (Fsp3) is 0.200. The molecule has 0 saturated carbocycles. The van der Waals surface area contributed by atoms with Gasteiger partial charge in [-0.1, -0.05) is 0 Å². The van der Waals surface area contributed by atoms with Crippen molar-refractivity contribution >= 4 is 27.5 Å².